The van der Waals surface area contributed by atoms with E-state index in [4.69, 9.17) is 9.84 Å². The highest BCUT2D eigenvalue weighted by Crippen LogP contribution is 2.27. The third-order valence-electron chi connectivity index (χ3n) is 4.66. The van der Waals surface area contributed by atoms with Crippen molar-refractivity contribution in [1.82, 2.24) is 9.97 Å². The Kier molecular flexibility index (Phi) is 4.55. The van der Waals surface area contributed by atoms with E-state index in [2.05, 4.69) is 9.97 Å². The summed E-state index contributed by atoms with van der Waals surface area (Å²) in [6.07, 6.45) is -0.742. The highest BCUT2D eigenvalue weighted by Gasteiger charge is 2.12. The van der Waals surface area contributed by atoms with Crippen molar-refractivity contribution in [1.29, 1.82) is 0 Å². The van der Waals surface area contributed by atoms with Crippen molar-refractivity contribution in [2.45, 2.75) is 6.10 Å². The highest BCUT2D eigenvalue weighted by molar-refractivity contribution is 5.93. The zero-order valence-electron chi connectivity index (χ0n) is 15.1. The van der Waals surface area contributed by atoms with E-state index in [1.807, 2.05) is 48.5 Å². The van der Waals surface area contributed by atoms with Crippen molar-refractivity contribution in [3.8, 4) is 17.1 Å². The van der Waals surface area contributed by atoms with Crippen LogP contribution in [-0.4, -0.2) is 33.3 Å². The molecule has 0 amide bonds. The summed E-state index contributed by atoms with van der Waals surface area (Å²) in [7, 11) is 1.60. The molecule has 0 saturated heterocycles. The second-order valence-electron chi connectivity index (χ2n) is 6.42. The zero-order chi connectivity index (χ0) is 19.7. The first-order valence-corrected chi connectivity index (χ1v) is 8.70. The first-order valence-electron chi connectivity index (χ1n) is 8.70. The van der Waals surface area contributed by atoms with Gasteiger partial charge in [0.05, 0.1) is 23.7 Å². The van der Waals surface area contributed by atoms with Crippen molar-refractivity contribution >= 4 is 17.0 Å². The van der Waals surface area contributed by atoms with Crippen molar-refractivity contribution in [3.05, 3.63) is 83.4 Å². The molecule has 1 atom stereocenters. The van der Waals surface area contributed by atoms with Gasteiger partial charge in [0.2, 0.25) is 0 Å². The Morgan fingerprint density at radius 3 is 2.25 bits per heavy atom. The first kappa shape index (κ1) is 17.8. The van der Waals surface area contributed by atoms with E-state index >= 15 is 0 Å². The summed E-state index contributed by atoms with van der Waals surface area (Å²) >= 11 is 0. The second-order valence-corrected chi connectivity index (χ2v) is 6.42. The number of carboxylic acids is 1. The Hall–Kier alpha value is -3.64. The van der Waals surface area contributed by atoms with E-state index in [0.717, 1.165) is 28.0 Å². The monoisotopic (exact) mass is 374 g/mol. The van der Waals surface area contributed by atoms with Crippen LogP contribution in [0.15, 0.2) is 66.7 Å². The molecule has 28 heavy (non-hydrogen) atoms. The largest absolute Gasteiger partial charge is 0.497 e. The fourth-order valence-electron chi connectivity index (χ4n) is 3.08. The molecule has 6 nitrogen and oxygen atoms in total. The number of aliphatic hydroxyl groups is 1. The summed E-state index contributed by atoms with van der Waals surface area (Å²) < 4.78 is 5.14. The molecule has 0 fully saturated rings. The molecule has 1 heterocycles. The van der Waals surface area contributed by atoms with Crippen molar-refractivity contribution in [2.24, 2.45) is 0 Å². The van der Waals surface area contributed by atoms with Crippen LogP contribution in [0.3, 0.4) is 0 Å². The van der Waals surface area contributed by atoms with Crippen molar-refractivity contribution in [3.63, 3.8) is 0 Å². The topological polar surface area (TPSA) is 95.4 Å². The maximum absolute atomic E-state index is 11.1. The van der Waals surface area contributed by atoms with Crippen LogP contribution in [0.2, 0.25) is 0 Å². The van der Waals surface area contributed by atoms with Gasteiger partial charge in [-0.05, 0) is 41.5 Å². The molecule has 0 aliphatic heterocycles. The normalized spacial score (nSPS) is 12.1. The summed E-state index contributed by atoms with van der Waals surface area (Å²) in [5.41, 5.74) is 3.94. The number of ether oxygens (including phenoxy) is 1. The number of aliphatic hydroxyl groups excluding tert-OH is 1. The van der Waals surface area contributed by atoms with Crippen LogP contribution in [0.1, 0.15) is 27.6 Å². The predicted octanol–water partition coefficient (Wildman–Crippen LogP) is 4.02. The molecule has 6 heteroatoms. The number of hydrogen-bond donors (Lipinski definition) is 3. The molecule has 3 N–H and O–H groups in total. The van der Waals surface area contributed by atoms with Gasteiger partial charge < -0.3 is 19.9 Å². The van der Waals surface area contributed by atoms with E-state index in [9.17, 15) is 9.90 Å². The number of carboxylic acid groups (broad SMARTS) is 1. The summed E-state index contributed by atoms with van der Waals surface area (Å²) in [6.45, 7) is 0. The molecule has 1 unspecified atom stereocenters. The molecule has 0 aliphatic rings. The third-order valence-corrected chi connectivity index (χ3v) is 4.66. The smallest absolute Gasteiger partial charge is 0.335 e. The number of imidazole rings is 1. The van der Waals surface area contributed by atoms with E-state index in [1.165, 1.54) is 0 Å². The van der Waals surface area contributed by atoms with Crippen LogP contribution in [0.4, 0.5) is 0 Å². The number of hydrogen-bond acceptors (Lipinski definition) is 4. The fourth-order valence-corrected chi connectivity index (χ4v) is 3.08. The molecular formula is C22H18N2O4. The van der Waals surface area contributed by atoms with Gasteiger partial charge in [-0.25, -0.2) is 9.78 Å². The molecule has 0 aliphatic carbocycles. The summed E-state index contributed by atoms with van der Waals surface area (Å²) in [5.74, 6) is 0.397. The lowest BCUT2D eigenvalue weighted by Crippen LogP contribution is -1.99. The van der Waals surface area contributed by atoms with Crippen LogP contribution in [0.25, 0.3) is 22.4 Å². The summed E-state index contributed by atoms with van der Waals surface area (Å²) in [4.78, 5) is 18.8. The van der Waals surface area contributed by atoms with Gasteiger partial charge in [-0.3, -0.25) is 0 Å². The molecule has 0 spiro atoms. The highest BCUT2D eigenvalue weighted by atomic mass is 16.5. The third kappa shape index (κ3) is 3.33. The van der Waals surface area contributed by atoms with Crippen molar-refractivity contribution in [2.75, 3.05) is 7.11 Å². The van der Waals surface area contributed by atoms with E-state index < -0.39 is 12.1 Å². The quantitative estimate of drug-likeness (QED) is 0.490. The van der Waals surface area contributed by atoms with Gasteiger partial charge in [0, 0.05) is 5.56 Å². The van der Waals surface area contributed by atoms with Crippen LogP contribution in [0, 0.1) is 0 Å². The minimum absolute atomic E-state index is 0.198. The fraction of sp³-hybridized carbons (Fsp3) is 0.0909. The minimum Gasteiger partial charge on any atom is -0.497 e. The van der Waals surface area contributed by atoms with Gasteiger partial charge >= 0.3 is 5.97 Å². The van der Waals surface area contributed by atoms with E-state index in [0.29, 0.717) is 11.3 Å². The molecule has 4 aromatic rings. The number of fused-ring (bicyclic) bond motifs is 1. The number of H-pyrrole nitrogens is 1. The Morgan fingerprint density at radius 1 is 1.00 bits per heavy atom. The average molecular weight is 374 g/mol. The molecule has 0 saturated carbocycles. The zero-order valence-corrected chi connectivity index (χ0v) is 15.1. The van der Waals surface area contributed by atoms with Gasteiger partial charge in [-0.2, -0.15) is 0 Å². The lowest BCUT2D eigenvalue weighted by atomic mass is 10.0. The number of aromatic amines is 1. The lowest BCUT2D eigenvalue weighted by Gasteiger charge is -2.12. The number of rotatable bonds is 5. The van der Waals surface area contributed by atoms with Crippen molar-refractivity contribution < 1.29 is 19.7 Å². The Morgan fingerprint density at radius 2 is 1.64 bits per heavy atom. The molecular weight excluding hydrogens is 356 g/mol. The van der Waals surface area contributed by atoms with Gasteiger partial charge in [0.1, 0.15) is 17.7 Å². The first-order chi connectivity index (χ1) is 13.5. The molecule has 1 aromatic heterocycles. The van der Waals surface area contributed by atoms with E-state index in [1.54, 1.807) is 25.3 Å². The lowest BCUT2D eigenvalue weighted by molar-refractivity contribution is 0.0697. The summed E-state index contributed by atoms with van der Waals surface area (Å²) in [5, 5.41) is 19.7. The van der Waals surface area contributed by atoms with Crippen LogP contribution in [0.5, 0.6) is 5.75 Å². The number of methoxy groups -OCH3 is 1. The van der Waals surface area contributed by atoms with Crippen LogP contribution < -0.4 is 4.74 Å². The number of nitrogens with zero attached hydrogens (tertiary/aromatic N) is 1. The molecule has 0 bridgehead atoms. The standard InChI is InChI=1S/C22H18N2O4/c1-28-17-9-6-14(7-10-17)20(25)13-2-4-15(5-3-13)21-23-18-11-8-16(22(26)27)12-19(18)24-21/h2-12,20,25H,1H3,(H,23,24)(H,26,27). The second kappa shape index (κ2) is 7.17. The maximum Gasteiger partial charge on any atom is 0.335 e. The number of aromatic nitrogens is 2. The van der Waals surface area contributed by atoms with Crippen LogP contribution in [-0.2, 0) is 0 Å². The minimum atomic E-state index is -0.983. The van der Waals surface area contributed by atoms with Gasteiger partial charge in [0.15, 0.2) is 0 Å². The summed E-state index contributed by atoms with van der Waals surface area (Å²) in [6, 6.07) is 19.5. The predicted molar refractivity (Wildman–Crippen MR) is 106 cm³/mol. The molecule has 4 rings (SSSR count). The van der Waals surface area contributed by atoms with E-state index in [-0.39, 0.29) is 5.56 Å². The number of benzene rings is 3. The average Bonchev–Trinajstić information content (AvgIpc) is 3.17. The van der Waals surface area contributed by atoms with Gasteiger partial charge in [0.25, 0.3) is 0 Å². The number of nitrogens with one attached hydrogen (secondary N) is 1. The Labute approximate surface area is 161 Å². The maximum atomic E-state index is 11.1. The number of aromatic carboxylic acids is 1. The van der Waals surface area contributed by atoms with Crippen LogP contribution >= 0.6 is 0 Å². The number of carbonyl (C=O) groups is 1. The SMILES string of the molecule is COc1ccc(C(O)c2ccc(-c3nc4cc(C(=O)O)ccc4[nH]3)cc2)cc1. The Bertz CT molecular complexity index is 1130. The molecule has 0 radical (unpaired) electrons. The molecule has 140 valence electrons. The molecule has 3 aromatic carbocycles. The van der Waals surface area contributed by atoms with Gasteiger partial charge in [-0.1, -0.05) is 36.4 Å². The van der Waals surface area contributed by atoms with Gasteiger partial charge in [-0.15, -0.1) is 0 Å². The Balaban J connectivity index is 1.60.